The zero-order chi connectivity index (χ0) is 21.9. The van der Waals surface area contributed by atoms with Gasteiger partial charge in [0, 0.05) is 24.4 Å². The van der Waals surface area contributed by atoms with Gasteiger partial charge in [0.05, 0.1) is 31.6 Å². The Hall–Kier alpha value is -3.65. The van der Waals surface area contributed by atoms with Gasteiger partial charge in [-0.3, -0.25) is 0 Å². The predicted molar refractivity (Wildman–Crippen MR) is 116 cm³/mol. The molecule has 2 aromatic rings. The molecule has 8 heteroatoms. The molecule has 1 aliphatic rings. The van der Waals surface area contributed by atoms with E-state index in [2.05, 4.69) is 4.74 Å². The molecule has 0 aromatic heterocycles. The molecular formula is C22H28N4O4. The largest absolute Gasteiger partial charge is 0.507 e. The van der Waals surface area contributed by atoms with E-state index in [-0.39, 0.29) is 17.5 Å². The van der Waals surface area contributed by atoms with E-state index in [0.717, 1.165) is 0 Å². The van der Waals surface area contributed by atoms with Crippen molar-refractivity contribution < 1.29 is 19.4 Å². The molecule has 30 heavy (non-hydrogen) atoms. The van der Waals surface area contributed by atoms with Gasteiger partial charge in [0.15, 0.2) is 0 Å². The third kappa shape index (κ3) is 6.46. The lowest BCUT2D eigenvalue weighted by Gasteiger charge is -2.30. The zero-order valence-corrected chi connectivity index (χ0v) is 17.0. The van der Waals surface area contributed by atoms with E-state index in [4.69, 9.17) is 21.9 Å². The molecule has 1 saturated heterocycles. The molecule has 3 rings (SSSR count). The van der Waals surface area contributed by atoms with Crippen LogP contribution in [0.4, 0.5) is 0 Å². The molecule has 0 aliphatic carbocycles. The number of phenolic OH excluding ortho intramolecular Hbond substituents is 1. The number of morpholine rings is 1. The number of nitrogens with two attached hydrogens (primary N) is 3. The summed E-state index contributed by atoms with van der Waals surface area (Å²) in [7, 11) is 1.37. The minimum Gasteiger partial charge on any atom is -0.507 e. The zero-order valence-electron chi connectivity index (χ0n) is 17.0. The number of rotatable bonds is 4. The SMILES string of the molecule is COC(=O)c1ccccc1.NC(N)=C(/C=C(\N)c1ccccc1O)N1CCOCC1. The Labute approximate surface area is 176 Å². The summed E-state index contributed by atoms with van der Waals surface area (Å²) in [5.74, 6) is 0.0315. The molecule has 2 aromatic carbocycles. The van der Waals surface area contributed by atoms with Crippen LogP contribution in [0, 0.1) is 0 Å². The van der Waals surface area contributed by atoms with Crippen LogP contribution >= 0.6 is 0 Å². The Morgan fingerprint density at radius 2 is 1.63 bits per heavy atom. The number of methoxy groups -OCH3 is 1. The summed E-state index contributed by atoms with van der Waals surface area (Å²) in [6, 6.07) is 15.7. The quantitative estimate of drug-likeness (QED) is 0.439. The third-order valence-electron chi connectivity index (χ3n) is 4.35. The van der Waals surface area contributed by atoms with Crippen LogP contribution in [0.3, 0.4) is 0 Å². The fourth-order valence-corrected chi connectivity index (χ4v) is 2.80. The number of carbonyl (C=O) groups is 1. The maximum atomic E-state index is 10.8. The number of esters is 1. The van der Waals surface area contributed by atoms with Crippen molar-refractivity contribution in [3.8, 4) is 5.75 Å². The first-order valence-corrected chi connectivity index (χ1v) is 9.40. The summed E-state index contributed by atoms with van der Waals surface area (Å²) in [6.07, 6.45) is 1.69. The highest BCUT2D eigenvalue weighted by Crippen LogP contribution is 2.23. The van der Waals surface area contributed by atoms with Crippen molar-refractivity contribution in [1.29, 1.82) is 0 Å². The average Bonchev–Trinajstić information content (AvgIpc) is 2.78. The maximum Gasteiger partial charge on any atom is 0.337 e. The molecule has 1 aliphatic heterocycles. The average molecular weight is 412 g/mol. The van der Waals surface area contributed by atoms with E-state index in [1.165, 1.54) is 7.11 Å². The first-order valence-electron chi connectivity index (χ1n) is 9.40. The number of hydrogen-bond acceptors (Lipinski definition) is 8. The maximum absolute atomic E-state index is 10.8. The molecule has 8 nitrogen and oxygen atoms in total. The van der Waals surface area contributed by atoms with Gasteiger partial charge < -0.3 is 36.7 Å². The highest BCUT2D eigenvalue weighted by molar-refractivity contribution is 5.89. The molecule has 0 amide bonds. The van der Waals surface area contributed by atoms with Crippen LogP contribution in [0.5, 0.6) is 5.75 Å². The molecule has 0 bridgehead atoms. The molecular weight excluding hydrogens is 384 g/mol. The number of phenols is 1. The molecule has 1 heterocycles. The normalized spacial score (nSPS) is 13.6. The van der Waals surface area contributed by atoms with E-state index in [1.54, 1.807) is 54.6 Å². The van der Waals surface area contributed by atoms with Crippen molar-refractivity contribution in [2.75, 3.05) is 33.4 Å². The topological polar surface area (TPSA) is 137 Å². The van der Waals surface area contributed by atoms with Gasteiger partial charge in [-0.2, -0.15) is 0 Å². The first kappa shape index (κ1) is 22.6. The molecule has 0 saturated carbocycles. The van der Waals surface area contributed by atoms with Gasteiger partial charge in [-0.25, -0.2) is 4.79 Å². The van der Waals surface area contributed by atoms with Crippen LogP contribution in [0.1, 0.15) is 15.9 Å². The molecule has 7 N–H and O–H groups in total. The number of allylic oxidation sites excluding steroid dienone is 1. The van der Waals surface area contributed by atoms with Crippen molar-refractivity contribution in [3.05, 3.63) is 83.3 Å². The fraction of sp³-hybridized carbons (Fsp3) is 0.227. The van der Waals surface area contributed by atoms with Crippen LogP contribution in [0.25, 0.3) is 5.70 Å². The van der Waals surface area contributed by atoms with Gasteiger partial charge in [-0.1, -0.05) is 30.3 Å². The lowest BCUT2D eigenvalue weighted by Crippen LogP contribution is -2.37. The van der Waals surface area contributed by atoms with Crippen molar-refractivity contribution in [2.24, 2.45) is 17.2 Å². The number of benzene rings is 2. The summed E-state index contributed by atoms with van der Waals surface area (Å²) in [4.78, 5) is 12.8. The van der Waals surface area contributed by atoms with Gasteiger partial charge >= 0.3 is 5.97 Å². The van der Waals surface area contributed by atoms with Crippen LogP contribution < -0.4 is 17.2 Å². The number of para-hydroxylation sites is 1. The predicted octanol–water partition coefficient (Wildman–Crippen LogP) is 1.58. The Kier molecular flexibility index (Phi) is 8.58. The Morgan fingerprint density at radius 1 is 1.03 bits per heavy atom. The molecule has 0 unspecified atom stereocenters. The van der Waals surface area contributed by atoms with Gasteiger partial charge in [0.1, 0.15) is 11.6 Å². The number of carbonyl (C=O) groups excluding carboxylic acids is 1. The van der Waals surface area contributed by atoms with Crippen molar-refractivity contribution in [2.45, 2.75) is 0 Å². The van der Waals surface area contributed by atoms with Gasteiger partial charge in [0.2, 0.25) is 0 Å². The van der Waals surface area contributed by atoms with E-state index >= 15 is 0 Å². The number of nitrogens with zero attached hydrogens (tertiary/aromatic N) is 1. The summed E-state index contributed by atoms with van der Waals surface area (Å²) in [5.41, 5.74) is 19.7. The molecule has 0 spiro atoms. The van der Waals surface area contributed by atoms with Crippen molar-refractivity contribution >= 4 is 11.7 Å². The monoisotopic (exact) mass is 412 g/mol. The van der Waals surface area contributed by atoms with E-state index in [0.29, 0.717) is 48.8 Å². The van der Waals surface area contributed by atoms with Crippen LogP contribution in [-0.2, 0) is 9.47 Å². The fourth-order valence-electron chi connectivity index (χ4n) is 2.80. The summed E-state index contributed by atoms with van der Waals surface area (Å²) in [6.45, 7) is 2.66. The lowest BCUT2D eigenvalue weighted by molar-refractivity contribution is 0.0548. The molecule has 0 atom stereocenters. The number of ether oxygens (including phenoxy) is 2. The van der Waals surface area contributed by atoms with E-state index in [1.807, 2.05) is 11.0 Å². The standard InChI is InChI=1S/C14H20N4O2.C8H8O2/c15-11(10-3-1-2-4-13(10)19)9-12(14(16)17)18-5-7-20-8-6-18;1-10-8(9)7-5-3-2-4-6-7/h1-4,9,19H,5-8,15-17H2;2-6H,1H3/b11-9-;. The second-order valence-corrected chi connectivity index (χ2v) is 6.41. The first-order chi connectivity index (χ1) is 14.4. The van der Waals surface area contributed by atoms with Crippen molar-refractivity contribution in [3.63, 3.8) is 0 Å². The van der Waals surface area contributed by atoms with E-state index in [9.17, 15) is 9.90 Å². The van der Waals surface area contributed by atoms with Gasteiger partial charge in [-0.05, 0) is 30.3 Å². The summed E-state index contributed by atoms with van der Waals surface area (Å²) >= 11 is 0. The Bertz CT molecular complexity index is 887. The second-order valence-electron chi connectivity index (χ2n) is 6.41. The van der Waals surface area contributed by atoms with Crippen molar-refractivity contribution in [1.82, 2.24) is 4.90 Å². The lowest BCUT2D eigenvalue weighted by atomic mass is 10.1. The molecule has 160 valence electrons. The number of aromatic hydroxyl groups is 1. The Morgan fingerprint density at radius 3 is 2.20 bits per heavy atom. The Balaban J connectivity index is 0.000000269. The second kappa shape index (κ2) is 11.4. The summed E-state index contributed by atoms with van der Waals surface area (Å²) < 4.78 is 9.80. The minimum atomic E-state index is -0.291. The molecule has 0 radical (unpaired) electrons. The van der Waals surface area contributed by atoms with Crippen LogP contribution in [0.15, 0.2) is 72.2 Å². The van der Waals surface area contributed by atoms with Gasteiger partial charge in [-0.15, -0.1) is 0 Å². The third-order valence-corrected chi connectivity index (χ3v) is 4.35. The highest BCUT2D eigenvalue weighted by Gasteiger charge is 2.15. The minimum absolute atomic E-state index is 0.123. The molecule has 1 fully saturated rings. The summed E-state index contributed by atoms with van der Waals surface area (Å²) in [5, 5.41) is 9.81. The van der Waals surface area contributed by atoms with Crippen LogP contribution in [0.2, 0.25) is 0 Å². The van der Waals surface area contributed by atoms with E-state index < -0.39 is 0 Å². The smallest absolute Gasteiger partial charge is 0.337 e. The van der Waals surface area contributed by atoms with Crippen LogP contribution in [-0.4, -0.2) is 49.4 Å². The highest BCUT2D eigenvalue weighted by atomic mass is 16.5. The number of hydrogen-bond donors (Lipinski definition) is 4. The van der Waals surface area contributed by atoms with Gasteiger partial charge in [0.25, 0.3) is 0 Å².